The summed E-state index contributed by atoms with van der Waals surface area (Å²) < 4.78 is 0. The van der Waals surface area contributed by atoms with E-state index in [1.165, 1.54) is 0 Å². The molecule has 3 aromatic rings. The van der Waals surface area contributed by atoms with Gasteiger partial charge in [-0.15, -0.1) is 0 Å². The third-order valence-corrected chi connectivity index (χ3v) is 3.08. The molecule has 2 N–H and O–H groups in total. The molecule has 0 radical (unpaired) electrons. The van der Waals surface area contributed by atoms with Crippen molar-refractivity contribution in [3.8, 4) is 0 Å². The average Bonchev–Trinajstić information content (AvgIpc) is 2.87. The summed E-state index contributed by atoms with van der Waals surface area (Å²) in [6.07, 6.45) is 1.67. The Labute approximate surface area is 120 Å². The van der Waals surface area contributed by atoms with Crippen molar-refractivity contribution >= 4 is 39.8 Å². The van der Waals surface area contributed by atoms with Crippen molar-refractivity contribution in [2.75, 3.05) is 24.3 Å². The van der Waals surface area contributed by atoms with Crippen LogP contribution < -0.4 is 10.2 Å². The molecule has 102 valence electrons. The molecule has 7 heteroatoms. The molecule has 1 aromatic carbocycles. The highest BCUT2D eigenvalue weighted by atomic mass is 35.5. The molecule has 0 saturated carbocycles. The van der Waals surface area contributed by atoms with Gasteiger partial charge in [-0.2, -0.15) is 15.1 Å². The second kappa shape index (κ2) is 4.97. The van der Waals surface area contributed by atoms with Gasteiger partial charge >= 0.3 is 0 Å². The largest absolute Gasteiger partial charge is 0.378 e. The van der Waals surface area contributed by atoms with Crippen LogP contribution in [0.3, 0.4) is 0 Å². The summed E-state index contributed by atoms with van der Waals surface area (Å²) in [5.74, 6) is 0.629. The van der Waals surface area contributed by atoms with Crippen LogP contribution in [-0.4, -0.2) is 34.3 Å². The van der Waals surface area contributed by atoms with Crippen LogP contribution in [0, 0.1) is 0 Å². The minimum Gasteiger partial charge on any atom is -0.378 e. The molecule has 0 spiro atoms. The molecule has 2 aromatic heterocycles. The Morgan fingerprint density at radius 2 is 2.10 bits per heavy atom. The number of rotatable bonds is 3. The van der Waals surface area contributed by atoms with Crippen LogP contribution in [-0.2, 0) is 0 Å². The van der Waals surface area contributed by atoms with Gasteiger partial charge in [0.25, 0.3) is 0 Å². The molecule has 2 heterocycles. The first-order valence-corrected chi connectivity index (χ1v) is 6.42. The standard InChI is InChI=1S/C13H13ClN6/c1-20(2)9-5-3-4-8(6-9)16-11-10-7-15-19-12(10)18-13(14)17-11/h3-7H,1-2H3,(H2,15,16,17,18,19). The molecule has 0 bridgehead atoms. The van der Waals surface area contributed by atoms with E-state index in [0.29, 0.717) is 11.5 Å². The summed E-state index contributed by atoms with van der Waals surface area (Å²) in [5.41, 5.74) is 2.63. The summed E-state index contributed by atoms with van der Waals surface area (Å²) in [6.45, 7) is 0. The Hall–Kier alpha value is -2.34. The lowest BCUT2D eigenvalue weighted by molar-refractivity contribution is 1.09. The lowest BCUT2D eigenvalue weighted by Gasteiger charge is -2.14. The Balaban J connectivity index is 2.00. The van der Waals surface area contributed by atoms with Gasteiger partial charge < -0.3 is 10.2 Å². The molecule has 0 fully saturated rings. The molecule has 0 aliphatic carbocycles. The van der Waals surface area contributed by atoms with Crippen molar-refractivity contribution in [3.63, 3.8) is 0 Å². The van der Waals surface area contributed by atoms with Crippen molar-refractivity contribution in [2.45, 2.75) is 0 Å². The van der Waals surface area contributed by atoms with Gasteiger partial charge in [-0.1, -0.05) is 6.07 Å². The number of anilines is 3. The number of hydrogen-bond acceptors (Lipinski definition) is 5. The van der Waals surface area contributed by atoms with Crippen molar-refractivity contribution < 1.29 is 0 Å². The highest BCUT2D eigenvalue weighted by molar-refractivity contribution is 6.28. The minimum absolute atomic E-state index is 0.174. The van der Waals surface area contributed by atoms with Crippen LogP contribution in [0.5, 0.6) is 0 Å². The first-order valence-electron chi connectivity index (χ1n) is 6.04. The average molecular weight is 289 g/mol. The fourth-order valence-electron chi connectivity index (χ4n) is 1.90. The molecule has 6 nitrogen and oxygen atoms in total. The molecule has 3 rings (SSSR count). The number of halogens is 1. The molecule has 0 aliphatic heterocycles. The number of fused-ring (bicyclic) bond motifs is 1. The second-order valence-electron chi connectivity index (χ2n) is 4.54. The van der Waals surface area contributed by atoms with E-state index in [-0.39, 0.29) is 5.28 Å². The van der Waals surface area contributed by atoms with Gasteiger partial charge in [0.2, 0.25) is 5.28 Å². The van der Waals surface area contributed by atoms with E-state index in [1.807, 2.05) is 43.3 Å². The predicted octanol–water partition coefficient (Wildman–Crippen LogP) is 2.82. The van der Waals surface area contributed by atoms with Crippen LogP contribution in [0.1, 0.15) is 0 Å². The van der Waals surface area contributed by atoms with Crippen molar-refractivity contribution in [2.24, 2.45) is 0 Å². The first-order chi connectivity index (χ1) is 9.63. The molecular formula is C13H13ClN6. The number of benzene rings is 1. The van der Waals surface area contributed by atoms with Crippen molar-refractivity contribution in [3.05, 3.63) is 35.7 Å². The zero-order chi connectivity index (χ0) is 14.1. The van der Waals surface area contributed by atoms with Crippen LogP contribution >= 0.6 is 11.6 Å². The van der Waals surface area contributed by atoms with E-state index in [4.69, 9.17) is 11.6 Å². The van der Waals surface area contributed by atoms with E-state index in [9.17, 15) is 0 Å². The lowest BCUT2D eigenvalue weighted by atomic mass is 10.2. The van der Waals surface area contributed by atoms with Gasteiger partial charge in [0.05, 0.1) is 11.6 Å². The summed E-state index contributed by atoms with van der Waals surface area (Å²) in [6, 6.07) is 8.01. The lowest BCUT2D eigenvalue weighted by Crippen LogP contribution is -2.08. The van der Waals surface area contributed by atoms with E-state index in [2.05, 4.69) is 25.5 Å². The van der Waals surface area contributed by atoms with Crippen molar-refractivity contribution in [1.29, 1.82) is 0 Å². The number of nitrogens with zero attached hydrogens (tertiary/aromatic N) is 4. The zero-order valence-corrected chi connectivity index (χ0v) is 11.8. The van der Waals surface area contributed by atoms with Gasteiger partial charge in [0.1, 0.15) is 5.82 Å². The van der Waals surface area contributed by atoms with Gasteiger partial charge in [-0.05, 0) is 29.8 Å². The number of aromatic nitrogens is 4. The quantitative estimate of drug-likeness (QED) is 0.725. The maximum Gasteiger partial charge on any atom is 0.226 e. The van der Waals surface area contributed by atoms with Crippen LogP contribution in [0.25, 0.3) is 11.0 Å². The number of aromatic amines is 1. The highest BCUT2D eigenvalue weighted by Gasteiger charge is 2.09. The highest BCUT2D eigenvalue weighted by Crippen LogP contribution is 2.25. The predicted molar refractivity (Wildman–Crippen MR) is 80.7 cm³/mol. The monoisotopic (exact) mass is 288 g/mol. The summed E-state index contributed by atoms with van der Waals surface area (Å²) >= 11 is 5.91. The van der Waals surface area contributed by atoms with E-state index >= 15 is 0 Å². The maximum absolute atomic E-state index is 5.91. The molecule has 0 atom stereocenters. The van der Waals surface area contributed by atoms with E-state index in [0.717, 1.165) is 16.8 Å². The number of nitrogens with one attached hydrogen (secondary N) is 2. The molecule has 0 amide bonds. The summed E-state index contributed by atoms with van der Waals surface area (Å²) in [5, 5.41) is 11.0. The SMILES string of the molecule is CN(C)c1cccc(Nc2nc(Cl)nc3[nH]ncc23)c1. The Bertz CT molecular complexity index is 751. The van der Waals surface area contributed by atoms with Gasteiger partial charge in [0, 0.05) is 25.5 Å². The first kappa shape index (κ1) is 12.7. The summed E-state index contributed by atoms with van der Waals surface area (Å²) in [7, 11) is 3.99. The maximum atomic E-state index is 5.91. The Morgan fingerprint density at radius 1 is 1.25 bits per heavy atom. The zero-order valence-electron chi connectivity index (χ0n) is 11.1. The third-order valence-electron chi connectivity index (χ3n) is 2.91. The van der Waals surface area contributed by atoms with Gasteiger partial charge in [0.15, 0.2) is 5.65 Å². The second-order valence-corrected chi connectivity index (χ2v) is 4.88. The van der Waals surface area contributed by atoms with E-state index < -0.39 is 0 Å². The van der Waals surface area contributed by atoms with Gasteiger partial charge in [-0.3, -0.25) is 5.10 Å². The smallest absolute Gasteiger partial charge is 0.226 e. The third kappa shape index (κ3) is 2.37. The molecule has 20 heavy (non-hydrogen) atoms. The molecule has 0 saturated heterocycles. The van der Waals surface area contributed by atoms with Crippen LogP contribution in [0.4, 0.5) is 17.2 Å². The number of H-pyrrole nitrogens is 1. The normalized spacial score (nSPS) is 10.8. The van der Waals surface area contributed by atoms with Crippen LogP contribution in [0.15, 0.2) is 30.5 Å². The molecular weight excluding hydrogens is 276 g/mol. The molecule has 0 aliphatic rings. The Morgan fingerprint density at radius 3 is 2.90 bits per heavy atom. The minimum atomic E-state index is 0.174. The Kier molecular flexibility index (Phi) is 3.15. The molecule has 0 unspecified atom stereocenters. The summed E-state index contributed by atoms with van der Waals surface area (Å²) in [4.78, 5) is 10.3. The topological polar surface area (TPSA) is 69.7 Å². The fourth-order valence-corrected chi connectivity index (χ4v) is 2.07. The van der Waals surface area contributed by atoms with Crippen molar-refractivity contribution in [1.82, 2.24) is 20.2 Å². The fraction of sp³-hybridized carbons (Fsp3) is 0.154. The van der Waals surface area contributed by atoms with E-state index in [1.54, 1.807) is 6.20 Å². The number of hydrogen-bond donors (Lipinski definition) is 2. The van der Waals surface area contributed by atoms with Gasteiger partial charge in [-0.25, -0.2) is 0 Å². The van der Waals surface area contributed by atoms with Crippen LogP contribution in [0.2, 0.25) is 5.28 Å².